The Labute approximate surface area is 91.2 Å². The van der Waals surface area contributed by atoms with E-state index in [1.54, 1.807) is 0 Å². The predicted octanol–water partition coefficient (Wildman–Crippen LogP) is 2.04. The van der Waals surface area contributed by atoms with Crippen molar-refractivity contribution in [3.05, 3.63) is 11.7 Å². The van der Waals surface area contributed by atoms with Gasteiger partial charge in [-0.2, -0.15) is 4.98 Å². The number of rotatable bonds is 4. The Kier molecular flexibility index (Phi) is 3.19. The summed E-state index contributed by atoms with van der Waals surface area (Å²) in [7, 11) is 0. The summed E-state index contributed by atoms with van der Waals surface area (Å²) in [6.45, 7) is 10.1. The molecule has 0 atom stereocenters. The van der Waals surface area contributed by atoms with E-state index in [9.17, 15) is 0 Å². The first kappa shape index (κ1) is 12.2. The van der Waals surface area contributed by atoms with E-state index in [0.717, 1.165) is 18.7 Å². The van der Waals surface area contributed by atoms with Gasteiger partial charge in [0.25, 0.3) is 0 Å². The third-order valence-electron chi connectivity index (χ3n) is 3.09. The minimum absolute atomic E-state index is 0.314. The molecule has 1 aromatic rings. The van der Waals surface area contributed by atoms with E-state index < -0.39 is 0 Å². The van der Waals surface area contributed by atoms with Gasteiger partial charge in [0, 0.05) is 12.0 Å². The van der Waals surface area contributed by atoms with Gasteiger partial charge in [0.05, 0.1) is 5.41 Å². The molecule has 1 heterocycles. The lowest BCUT2D eigenvalue weighted by atomic mass is 9.75. The highest BCUT2D eigenvalue weighted by atomic mass is 16.5. The van der Waals surface area contributed by atoms with Gasteiger partial charge in [-0.15, -0.1) is 0 Å². The van der Waals surface area contributed by atoms with Gasteiger partial charge in [0.2, 0.25) is 5.89 Å². The van der Waals surface area contributed by atoms with Gasteiger partial charge in [-0.25, -0.2) is 0 Å². The van der Waals surface area contributed by atoms with E-state index in [0.29, 0.717) is 5.89 Å². The Morgan fingerprint density at radius 3 is 2.33 bits per heavy atom. The zero-order valence-electron chi connectivity index (χ0n) is 10.3. The van der Waals surface area contributed by atoms with Crippen molar-refractivity contribution in [2.75, 3.05) is 0 Å². The molecule has 0 saturated carbocycles. The smallest absolute Gasteiger partial charge is 0.234 e. The molecule has 4 nitrogen and oxygen atoms in total. The lowest BCUT2D eigenvalue weighted by molar-refractivity contribution is 0.222. The van der Waals surface area contributed by atoms with E-state index in [2.05, 4.69) is 17.1 Å². The molecule has 4 heteroatoms. The van der Waals surface area contributed by atoms with E-state index in [-0.39, 0.29) is 11.0 Å². The number of aromatic nitrogens is 2. The Morgan fingerprint density at radius 1 is 1.27 bits per heavy atom. The first-order valence-corrected chi connectivity index (χ1v) is 5.41. The molecule has 0 aromatic carbocycles. The van der Waals surface area contributed by atoms with Crippen LogP contribution in [0.5, 0.6) is 0 Å². The van der Waals surface area contributed by atoms with Gasteiger partial charge in [-0.1, -0.05) is 12.1 Å². The van der Waals surface area contributed by atoms with E-state index in [4.69, 9.17) is 10.3 Å². The highest BCUT2D eigenvalue weighted by Crippen LogP contribution is 2.31. The highest BCUT2D eigenvalue weighted by Gasteiger charge is 2.40. The Balaban J connectivity index is 2.95. The normalized spacial score (nSPS) is 13.2. The Hall–Kier alpha value is -0.900. The summed E-state index contributed by atoms with van der Waals surface area (Å²) in [5, 5.41) is 3.94. The van der Waals surface area contributed by atoms with Crippen LogP contribution < -0.4 is 5.73 Å². The van der Waals surface area contributed by atoms with Crippen LogP contribution in [0.2, 0.25) is 0 Å². The van der Waals surface area contributed by atoms with Crippen molar-refractivity contribution in [3.8, 4) is 0 Å². The molecular formula is C11H21N3O. The molecule has 86 valence electrons. The second-order valence-electron chi connectivity index (χ2n) is 5.11. The van der Waals surface area contributed by atoms with Crippen molar-refractivity contribution in [1.82, 2.24) is 10.1 Å². The summed E-state index contributed by atoms with van der Waals surface area (Å²) in [5.74, 6) is 1.39. The Morgan fingerprint density at radius 2 is 1.87 bits per heavy atom. The van der Waals surface area contributed by atoms with E-state index in [1.807, 2.05) is 27.7 Å². The van der Waals surface area contributed by atoms with Gasteiger partial charge in [-0.3, -0.25) is 0 Å². The molecule has 0 aliphatic carbocycles. The fraction of sp³-hybridized carbons (Fsp3) is 0.818. The van der Waals surface area contributed by atoms with Gasteiger partial charge in [-0.05, 0) is 34.1 Å². The van der Waals surface area contributed by atoms with Crippen LogP contribution in [0.4, 0.5) is 0 Å². The maximum absolute atomic E-state index is 6.10. The highest BCUT2D eigenvalue weighted by molar-refractivity contribution is 5.10. The van der Waals surface area contributed by atoms with Crippen molar-refractivity contribution >= 4 is 0 Å². The van der Waals surface area contributed by atoms with Crippen molar-refractivity contribution < 1.29 is 4.52 Å². The summed E-state index contributed by atoms with van der Waals surface area (Å²) < 4.78 is 5.27. The molecule has 1 aromatic heterocycles. The van der Waals surface area contributed by atoms with Gasteiger partial charge in [0.15, 0.2) is 5.82 Å². The molecule has 0 saturated heterocycles. The quantitative estimate of drug-likeness (QED) is 0.827. The molecule has 0 aliphatic rings. The number of hydrogen-bond acceptors (Lipinski definition) is 4. The maximum atomic E-state index is 6.10. The van der Waals surface area contributed by atoms with Gasteiger partial charge in [0.1, 0.15) is 0 Å². The SMILES string of the molecule is CCCc1noc(C(C)(C)C(C)(C)N)n1. The molecule has 2 N–H and O–H groups in total. The van der Waals surface area contributed by atoms with Crippen LogP contribution in [0.25, 0.3) is 0 Å². The van der Waals surface area contributed by atoms with Crippen LogP contribution in [0.1, 0.15) is 52.8 Å². The van der Waals surface area contributed by atoms with E-state index in [1.165, 1.54) is 0 Å². The molecule has 0 spiro atoms. The molecule has 15 heavy (non-hydrogen) atoms. The van der Waals surface area contributed by atoms with Crippen molar-refractivity contribution in [3.63, 3.8) is 0 Å². The van der Waals surface area contributed by atoms with Crippen molar-refractivity contribution in [1.29, 1.82) is 0 Å². The van der Waals surface area contributed by atoms with Gasteiger partial charge >= 0.3 is 0 Å². The van der Waals surface area contributed by atoms with Crippen LogP contribution in [-0.2, 0) is 11.8 Å². The monoisotopic (exact) mass is 211 g/mol. The Bertz CT molecular complexity index is 323. The van der Waals surface area contributed by atoms with Gasteiger partial charge < -0.3 is 10.3 Å². The molecule has 0 unspecified atom stereocenters. The zero-order chi connectivity index (χ0) is 11.7. The average molecular weight is 211 g/mol. The number of nitrogens with zero attached hydrogens (tertiary/aromatic N) is 2. The average Bonchev–Trinajstić information content (AvgIpc) is 2.51. The van der Waals surface area contributed by atoms with Crippen molar-refractivity contribution in [2.45, 2.75) is 58.4 Å². The third-order valence-corrected chi connectivity index (χ3v) is 3.09. The zero-order valence-corrected chi connectivity index (χ0v) is 10.3. The fourth-order valence-corrected chi connectivity index (χ4v) is 1.11. The predicted molar refractivity (Wildman–Crippen MR) is 59.6 cm³/mol. The molecule has 0 radical (unpaired) electrons. The largest absolute Gasteiger partial charge is 0.339 e. The lowest BCUT2D eigenvalue weighted by Gasteiger charge is -2.34. The summed E-state index contributed by atoms with van der Waals surface area (Å²) in [4.78, 5) is 4.38. The summed E-state index contributed by atoms with van der Waals surface area (Å²) in [5.41, 5.74) is 5.40. The summed E-state index contributed by atoms with van der Waals surface area (Å²) in [6.07, 6.45) is 1.87. The molecule has 1 rings (SSSR count). The topological polar surface area (TPSA) is 64.9 Å². The second kappa shape index (κ2) is 3.93. The van der Waals surface area contributed by atoms with Crippen molar-refractivity contribution in [2.24, 2.45) is 5.73 Å². The first-order valence-electron chi connectivity index (χ1n) is 5.41. The molecule has 0 bridgehead atoms. The van der Waals surface area contributed by atoms with Crippen LogP contribution in [0.3, 0.4) is 0 Å². The van der Waals surface area contributed by atoms with E-state index >= 15 is 0 Å². The summed E-state index contributed by atoms with van der Waals surface area (Å²) in [6, 6.07) is 0. The number of aryl methyl sites for hydroxylation is 1. The van der Waals surface area contributed by atoms with Crippen LogP contribution >= 0.6 is 0 Å². The lowest BCUT2D eigenvalue weighted by Crippen LogP contribution is -2.50. The molecular weight excluding hydrogens is 190 g/mol. The summed E-state index contributed by atoms with van der Waals surface area (Å²) >= 11 is 0. The van der Waals surface area contributed by atoms with Crippen LogP contribution in [-0.4, -0.2) is 15.7 Å². The minimum atomic E-state index is -0.386. The van der Waals surface area contributed by atoms with Crippen LogP contribution in [0, 0.1) is 0 Å². The molecule has 0 aliphatic heterocycles. The second-order valence-corrected chi connectivity index (χ2v) is 5.11. The molecule has 0 amide bonds. The number of nitrogens with two attached hydrogens (primary N) is 1. The first-order chi connectivity index (χ1) is 6.79. The number of hydrogen-bond donors (Lipinski definition) is 1. The van der Waals surface area contributed by atoms with Crippen LogP contribution in [0.15, 0.2) is 4.52 Å². The minimum Gasteiger partial charge on any atom is -0.339 e. The molecule has 0 fully saturated rings. The maximum Gasteiger partial charge on any atom is 0.234 e. The third kappa shape index (κ3) is 2.37. The fourth-order valence-electron chi connectivity index (χ4n) is 1.11. The standard InChI is InChI=1S/C11H21N3O/c1-6-7-8-13-9(15-14-8)10(2,3)11(4,5)12/h6-7,12H2,1-5H3.